The Labute approximate surface area is 268 Å². The van der Waals surface area contributed by atoms with Crippen molar-refractivity contribution in [1.29, 1.82) is 0 Å². The Morgan fingerprint density at radius 3 is 2.28 bits per heavy atom. The summed E-state index contributed by atoms with van der Waals surface area (Å²) in [7, 11) is 0. The maximum absolute atomic E-state index is 14.5. The van der Waals surface area contributed by atoms with Crippen LogP contribution in [0.5, 0.6) is 0 Å². The number of para-hydroxylation sites is 2. The van der Waals surface area contributed by atoms with Gasteiger partial charge in [-0.2, -0.15) is 0 Å². The summed E-state index contributed by atoms with van der Waals surface area (Å²) < 4.78 is 5.30. The molecule has 2 atom stereocenters. The van der Waals surface area contributed by atoms with E-state index in [4.69, 9.17) is 10.5 Å². The quantitative estimate of drug-likeness (QED) is 0.250. The van der Waals surface area contributed by atoms with E-state index < -0.39 is 35.6 Å². The van der Waals surface area contributed by atoms with Crippen molar-refractivity contribution < 1.29 is 23.9 Å². The molecule has 0 unspecified atom stereocenters. The van der Waals surface area contributed by atoms with Crippen molar-refractivity contribution in [2.75, 3.05) is 22.1 Å². The van der Waals surface area contributed by atoms with Crippen molar-refractivity contribution in [1.82, 2.24) is 10.6 Å². The first-order chi connectivity index (χ1) is 21.8. The minimum absolute atomic E-state index is 0.144. The van der Waals surface area contributed by atoms with Crippen LogP contribution in [-0.4, -0.2) is 48.0 Å². The number of nitrogens with two attached hydrogens (primary N) is 1. The monoisotopic (exact) mass is 621 g/mol. The fourth-order valence-electron chi connectivity index (χ4n) is 5.49. The van der Waals surface area contributed by atoms with Gasteiger partial charge < -0.3 is 30.9 Å². The van der Waals surface area contributed by atoms with Crippen molar-refractivity contribution in [3.8, 4) is 0 Å². The van der Waals surface area contributed by atoms with Gasteiger partial charge in [-0.1, -0.05) is 48.5 Å². The van der Waals surface area contributed by atoms with E-state index in [1.165, 1.54) is 11.8 Å². The van der Waals surface area contributed by atoms with Gasteiger partial charge in [-0.25, -0.2) is 4.79 Å². The highest BCUT2D eigenvalue weighted by Crippen LogP contribution is 2.36. The molecule has 4 N–H and O–H groups in total. The van der Waals surface area contributed by atoms with Gasteiger partial charge in [0.1, 0.15) is 17.7 Å². The Bertz CT molecular complexity index is 1800. The lowest BCUT2D eigenvalue weighted by Crippen LogP contribution is -2.56. The summed E-state index contributed by atoms with van der Waals surface area (Å²) in [5.41, 5.74) is 9.00. The molecule has 4 amide bonds. The summed E-state index contributed by atoms with van der Waals surface area (Å²) in [5.74, 6) is -1.36. The maximum Gasteiger partial charge on any atom is 0.408 e. The smallest absolute Gasteiger partial charge is 0.408 e. The second kappa shape index (κ2) is 12.9. The van der Waals surface area contributed by atoms with Gasteiger partial charge in [0.25, 0.3) is 11.8 Å². The van der Waals surface area contributed by atoms with E-state index in [-0.39, 0.29) is 19.0 Å². The zero-order valence-corrected chi connectivity index (χ0v) is 26.7. The first-order valence-corrected chi connectivity index (χ1v) is 15.2. The predicted octanol–water partition coefficient (Wildman–Crippen LogP) is 5.32. The molecular formula is C36H39N5O5. The topological polar surface area (TPSA) is 134 Å². The van der Waals surface area contributed by atoms with Crippen molar-refractivity contribution >= 4 is 51.6 Å². The SMILES string of the molecule is Cc1ccc2ccccc2c1CN1C(=O)[C@@H](NC(=O)[C@H](C)NC(=O)OC(C)(C)C)CN(C(=O)c2ccc(N)cc2)c2ccccc21. The number of amides is 4. The second-order valence-corrected chi connectivity index (χ2v) is 12.5. The van der Waals surface area contributed by atoms with Crippen LogP contribution in [0, 0.1) is 6.92 Å². The van der Waals surface area contributed by atoms with Gasteiger partial charge >= 0.3 is 6.09 Å². The fraction of sp³-hybridized carbons (Fsp3) is 0.278. The Morgan fingerprint density at radius 1 is 0.935 bits per heavy atom. The molecule has 4 aromatic rings. The zero-order chi connectivity index (χ0) is 33.2. The molecule has 10 nitrogen and oxygen atoms in total. The number of fused-ring (bicyclic) bond motifs is 2. The largest absolute Gasteiger partial charge is 0.444 e. The van der Waals surface area contributed by atoms with Gasteiger partial charge in [0, 0.05) is 11.3 Å². The molecular weight excluding hydrogens is 582 g/mol. The number of anilines is 3. The molecule has 0 fully saturated rings. The molecule has 1 aliphatic rings. The fourth-order valence-corrected chi connectivity index (χ4v) is 5.49. The van der Waals surface area contributed by atoms with E-state index in [1.54, 1.807) is 68.1 Å². The highest BCUT2D eigenvalue weighted by atomic mass is 16.6. The second-order valence-electron chi connectivity index (χ2n) is 12.5. The Hall–Kier alpha value is -5.38. The third kappa shape index (κ3) is 6.96. The van der Waals surface area contributed by atoms with Crippen molar-refractivity contribution in [2.24, 2.45) is 0 Å². The van der Waals surface area contributed by atoms with E-state index in [2.05, 4.69) is 10.6 Å². The van der Waals surface area contributed by atoms with E-state index in [9.17, 15) is 19.2 Å². The lowest BCUT2D eigenvalue weighted by Gasteiger charge is -2.27. The first kappa shape index (κ1) is 32.0. The lowest BCUT2D eigenvalue weighted by atomic mass is 9.99. The Morgan fingerprint density at radius 2 is 1.59 bits per heavy atom. The number of benzene rings is 4. The van der Waals surface area contributed by atoms with Crippen LogP contribution in [0.25, 0.3) is 10.8 Å². The number of nitrogen functional groups attached to an aromatic ring is 1. The van der Waals surface area contributed by atoms with E-state index in [1.807, 2.05) is 49.4 Å². The summed E-state index contributed by atoms with van der Waals surface area (Å²) in [6, 6.07) is 23.6. The highest BCUT2D eigenvalue weighted by molar-refractivity contribution is 6.13. The molecule has 0 bridgehead atoms. The molecule has 10 heteroatoms. The number of hydrogen-bond acceptors (Lipinski definition) is 6. The molecule has 0 saturated heterocycles. The summed E-state index contributed by atoms with van der Waals surface area (Å²) in [6.07, 6.45) is -0.761. The number of ether oxygens (including phenoxy) is 1. The van der Waals surface area contributed by atoms with Crippen molar-refractivity contribution in [2.45, 2.75) is 58.8 Å². The van der Waals surface area contributed by atoms with E-state index >= 15 is 0 Å². The lowest BCUT2D eigenvalue weighted by molar-refractivity contribution is -0.128. The van der Waals surface area contributed by atoms with Gasteiger partial charge in [-0.3, -0.25) is 14.4 Å². The number of nitrogens with one attached hydrogen (secondary N) is 2. The minimum Gasteiger partial charge on any atom is -0.444 e. The number of carbonyl (C=O) groups is 4. The molecule has 46 heavy (non-hydrogen) atoms. The van der Waals surface area contributed by atoms with Crippen LogP contribution in [-0.2, 0) is 20.9 Å². The van der Waals surface area contributed by atoms with Crippen LogP contribution in [0.2, 0.25) is 0 Å². The van der Waals surface area contributed by atoms with E-state index in [0.29, 0.717) is 22.6 Å². The maximum atomic E-state index is 14.5. The van der Waals surface area contributed by atoms with Crippen LogP contribution in [0.15, 0.2) is 84.9 Å². The van der Waals surface area contributed by atoms with Gasteiger partial charge in [0.2, 0.25) is 5.91 Å². The summed E-state index contributed by atoms with van der Waals surface area (Å²) in [4.78, 5) is 57.5. The van der Waals surface area contributed by atoms with Crippen LogP contribution in [0.3, 0.4) is 0 Å². The van der Waals surface area contributed by atoms with Crippen molar-refractivity contribution in [3.05, 3.63) is 102 Å². The third-order valence-corrected chi connectivity index (χ3v) is 7.83. The summed E-state index contributed by atoms with van der Waals surface area (Å²) in [6.45, 7) is 8.72. The zero-order valence-electron chi connectivity index (χ0n) is 26.7. The van der Waals surface area contributed by atoms with Gasteiger partial charge in [0.15, 0.2) is 0 Å². The average Bonchev–Trinajstić information content (AvgIpc) is 3.12. The minimum atomic E-state index is -1.14. The van der Waals surface area contributed by atoms with Crippen LogP contribution in [0.1, 0.15) is 49.2 Å². The van der Waals surface area contributed by atoms with E-state index in [0.717, 1.165) is 21.9 Å². The van der Waals surface area contributed by atoms with Gasteiger partial charge in [-0.05, 0) is 92.9 Å². The molecule has 1 aliphatic heterocycles. The molecule has 0 saturated carbocycles. The van der Waals surface area contributed by atoms with Crippen LogP contribution < -0.4 is 26.2 Å². The predicted molar refractivity (Wildman–Crippen MR) is 180 cm³/mol. The Kier molecular flexibility index (Phi) is 9.00. The summed E-state index contributed by atoms with van der Waals surface area (Å²) in [5, 5.41) is 7.37. The number of aryl methyl sites for hydroxylation is 1. The summed E-state index contributed by atoms with van der Waals surface area (Å²) >= 11 is 0. The van der Waals surface area contributed by atoms with Crippen molar-refractivity contribution in [3.63, 3.8) is 0 Å². The van der Waals surface area contributed by atoms with Crippen LogP contribution >= 0.6 is 0 Å². The molecule has 0 spiro atoms. The third-order valence-electron chi connectivity index (χ3n) is 7.83. The number of carbonyl (C=O) groups excluding carboxylic acids is 4. The molecule has 5 rings (SSSR count). The highest BCUT2D eigenvalue weighted by Gasteiger charge is 2.38. The molecule has 0 aromatic heterocycles. The normalized spacial score (nSPS) is 15.5. The van der Waals surface area contributed by atoms with Crippen LogP contribution in [0.4, 0.5) is 21.9 Å². The first-order valence-electron chi connectivity index (χ1n) is 15.2. The molecule has 0 aliphatic carbocycles. The average molecular weight is 622 g/mol. The molecule has 4 aromatic carbocycles. The molecule has 0 radical (unpaired) electrons. The van der Waals surface area contributed by atoms with Gasteiger partial charge in [-0.15, -0.1) is 0 Å². The standard InChI is InChI=1S/C36H39N5O5/c1-22-14-15-24-10-6-7-11-27(24)28(22)20-40-30-12-8-9-13-31(30)41(33(43)25-16-18-26(37)19-17-25)21-29(34(40)44)39-32(42)23(2)38-35(45)46-36(3,4)5/h6-19,23,29H,20-21,37H2,1-5H3,(H,38,45)(H,39,42)/t23-,29-/m0/s1. The number of alkyl carbamates (subject to hydrolysis) is 1. The number of rotatable bonds is 6. The molecule has 238 valence electrons. The Balaban J connectivity index is 1.55. The molecule has 1 heterocycles. The number of nitrogens with zero attached hydrogens (tertiary/aromatic N) is 2. The number of hydrogen-bond donors (Lipinski definition) is 3. The van der Waals surface area contributed by atoms with Gasteiger partial charge in [0.05, 0.1) is 24.5 Å².